The molecule has 0 saturated heterocycles. The zero-order valence-corrected chi connectivity index (χ0v) is 7.06. The molecule has 0 fully saturated rings. The van der Waals surface area contributed by atoms with Gasteiger partial charge in [-0.3, -0.25) is 0 Å². The fourth-order valence-electron chi connectivity index (χ4n) is 0.675. The summed E-state index contributed by atoms with van der Waals surface area (Å²) in [6.45, 7) is 2.02. The third kappa shape index (κ3) is 2.56. The third-order valence-electron chi connectivity index (χ3n) is 1.16. The van der Waals surface area contributed by atoms with E-state index in [0.29, 0.717) is 6.42 Å². The van der Waals surface area contributed by atoms with Crippen LogP contribution in [0.2, 0.25) is 0 Å². The smallest absolute Gasteiger partial charge is 0.202 e. The second-order valence-electron chi connectivity index (χ2n) is 2.20. The van der Waals surface area contributed by atoms with Crippen molar-refractivity contribution in [2.24, 2.45) is 0 Å². The van der Waals surface area contributed by atoms with E-state index in [4.69, 9.17) is 6.42 Å². The largest absolute Gasteiger partial charge is 0.357 e. The average Bonchev–Trinajstić information content (AvgIpc) is 2.40. The fourth-order valence-corrected chi connectivity index (χ4v) is 1.22. The Bertz CT molecular complexity index is 237. The summed E-state index contributed by atoms with van der Waals surface area (Å²) in [5.74, 6) is 2.57. The second-order valence-corrected chi connectivity index (χ2v) is 2.98. The highest BCUT2D eigenvalue weighted by Crippen LogP contribution is 2.08. The van der Waals surface area contributed by atoms with Gasteiger partial charge in [-0.25, -0.2) is 4.98 Å². The molecule has 0 amide bonds. The van der Waals surface area contributed by atoms with Gasteiger partial charge in [-0.1, -0.05) is 0 Å². The molecule has 0 saturated carbocycles. The molecule has 1 rings (SSSR count). The van der Waals surface area contributed by atoms with Gasteiger partial charge in [0.15, 0.2) is 0 Å². The first-order chi connectivity index (χ1) is 5.33. The van der Waals surface area contributed by atoms with Gasteiger partial charge in [-0.15, -0.1) is 12.3 Å². The van der Waals surface area contributed by atoms with Crippen molar-refractivity contribution in [2.45, 2.75) is 19.4 Å². The number of hydrogen-bond donors (Lipinski definition) is 1. The van der Waals surface area contributed by atoms with Crippen LogP contribution in [0.3, 0.4) is 0 Å². The van der Waals surface area contributed by atoms with Crippen molar-refractivity contribution in [3.8, 4) is 12.3 Å². The third-order valence-corrected chi connectivity index (χ3v) is 1.75. The number of anilines is 1. The summed E-state index contributed by atoms with van der Waals surface area (Å²) in [5, 5.41) is 3.95. The van der Waals surface area contributed by atoms with Crippen molar-refractivity contribution in [1.29, 1.82) is 0 Å². The van der Waals surface area contributed by atoms with Crippen molar-refractivity contribution < 1.29 is 0 Å². The molecule has 1 aromatic heterocycles. The highest BCUT2D eigenvalue weighted by molar-refractivity contribution is 7.09. The molecule has 3 nitrogen and oxygen atoms in total. The van der Waals surface area contributed by atoms with Gasteiger partial charge in [0.2, 0.25) is 5.13 Å². The van der Waals surface area contributed by atoms with Crippen LogP contribution >= 0.6 is 11.5 Å². The van der Waals surface area contributed by atoms with Gasteiger partial charge >= 0.3 is 0 Å². The number of nitrogens with one attached hydrogen (secondary N) is 1. The molecule has 58 valence electrons. The number of nitrogens with zero attached hydrogens (tertiary/aromatic N) is 2. The summed E-state index contributed by atoms with van der Waals surface area (Å²) >= 11 is 1.34. The van der Waals surface area contributed by atoms with Crippen LogP contribution in [0, 0.1) is 12.3 Å². The van der Waals surface area contributed by atoms with Crippen LogP contribution in [0.4, 0.5) is 5.13 Å². The lowest BCUT2D eigenvalue weighted by Crippen LogP contribution is -2.13. The molecule has 1 unspecified atom stereocenters. The van der Waals surface area contributed by atoms with Crippen LogP contribution < -0.4 is 5.32 Å². The van der Waals surface area contributed by atoms with E-state index in [0.717, 1.165) is 5.13 Å². The van der Waals surface area contributed by atoms with Gasteiger partial charge in [0.25, 0.3) is 0 Å². The van der Waals surface area contributed by atoms with E-state index in [1.807, 2.05) is 6.92 Å². The maximum Gasteiger partial charge on any atom is 0.202 e. The molecule has 1 aromatic rings. The summed E-state index contributed by atoms with van der Waals surface area (Å²) in [7, 11) is 0. The zero-order chi connectivity index (χ0) is 8.10. The number of aromatic nitrogens is 2. The van der Waals surface area contributed by atoms with Gasteiger partial charge in [0, 0.05) is 24.0 Å². The first-order valence-electron chi connectivity index (χ1n) is 3.29. The molecule has 1 N–H and O–H groups in total. The van der Waals surface area contributed by atoms with Gasteiger partial charge in [0.1, 0.15) is 6.33 Å². The summed E-state index contributed by atoms with van der Waals surface area (Å²) in [6.07, 6.45) is 7.37. The molecule has 0 aromatic carbocycles. The summed E-state index contributed by atoms with van der Waals surface area (Å²) in [4.78, 5) is 3.97. The molecule has 0 aliphatic heterocycles. The Labute approximate surface area is 70.0 Å². The molecular weight excluding hydrogens is 158 g/mol. The SMILES string of the molecule is C#CCC(C)Nc1ncns1. The zero-order valence-electron chi connectivity index (χ0n) is 6.24. The lowest BCUT2D eigenvalue weighted by atomic mass is 10.2. The quantitative estimate of drug-likeness (QED) is 0.691. The number of terminal acetylenes is 1. The van der Waals surface area contributed by atoms with Gasteiger partial charge in [-0.05, 0) is 6.92 Å². The number of rotatable bonds is 3. The Morgan fingerprint density at radius 1 is 1.91 bits per heavy atom. The average molecular weight is 167 g/mol. The van der Waals surface area contributed by atoms with E-state index < -0.39 is 0 Å². The van der Waals surface area contributed by atoms with Gasteiger partial charge in [-0.2, -0.15) is 4.37 Å². The Hall–Kier alpha value is -1.08. The standard InChI is InChI=1S/C7H9N3S/c1-3-4-6(2)10-7-8-5-9-11-7/h1,5-6H,4H2,2H3,(H,8,9,10). The Morgan fingerprint density at radius 2 is 2.73 bits per heavy atom. The Balaban J connectivity index is 2.38. The maximum absolute atomic E-state index is 5.14. The molecule has 11 heavy (non-hydrogen) atoms. The first-order valence-corrected chi connectivity index (χ1v) is 4.07. The van der Waals surface area contributed by atoms with Crippen molar-refractivity contribution in [1.82, 2.24) is 9.36 Å². The van der Waals surface area contributed by atoms with Gasteiger partial charge < -0.3 is 5.32 Å². The molecule has 0 radical (unpaired) electrons. The predicted molar refractivity (Wildman–Crippen MR) is 46.4 cm³/mol. The topological polar surface area (TPSA) is 37.8 Å². The summed E-state index contributed by atoms with van der Waals surface area (Å²) in [6, 6.07) is 0.271. The van der Waals surface area contributed by atoms with E-state index in [9.17, 15) is 0 Å². The Kier molecular flexibility index (Phi) is 2.87. The van der Waals surface area contributed by atoms with E-state index in [1.165, 1.54) is 17.9 Å². The minimum Gasteiger partial charge on any atom is -0.357 e. The van der Waals surface area contributed by atoms with E-state index in [2.05, 4.69) is 20.6 Å². The van der Waals surface area contributed by atoms with Crippen molar-refractivity contribution in [2.75, 3.05) is 5.32 Å². The molecular formula is C7H9N3S. The summed E-state index contributed by atoms with van der Waals surface area (Å²) in [5.41, 5.74) is 0. The first kappa shape index (κ1) is 8.02. The highest BCUT2D eigenvalue weighted by atomic mass is 32.1. The van der Waals surface area contributed by atoms with Crippen LogP contribution in [-0.4, -0.2) is 15.4 Å². The highest BCUT2D eigenvalue weighted by Gasteiger charge is 2.00. The van der Waals surface area contributed by atoms with Crippen LogP contribution in [0.1, 0.15) is 13.3 Å². The maximum atomic E-state index is 5.14. The summed E-state index contributed by atoms with van der Waals surface area (Å²) < 4.78 is 3.85. The minimum absolute atomic E-state index is 0.271. The predicted octanol–water partition coefficient (Wildman–Crippen LogP) is 1.36. The minimum atomic E-state index is 0.271. The second kappa shape index (κ2) is 3.94. The van der Waals surface area contributed by atoms with Crippen LogP contribution in [0.5, 0.6) is 0 Å². The lowest BCUT2D eigenvalue weighted by molar-refractivity contribution is 0.827. The molecule has 0 bridgehead atoms. The molecule has 1 heterocycles. The molecule has 0 spiro atoms. The van der Waals surface area contributed by atoms with Gasteiger partial charge in [0.05, 0.1) is 0 Å². The van der Waals surface area contributed by atoms with Crippen molar-refractivity contribution in [3.05, 3.63) is 6.33 Å². The van der Waals surface area contributed by atoms with E-state index in [-0.39, 0.29) is 6.04 Å². The number of hydrogen-bond acceptors (Lipinski definition) is 4. The molecule has 0 aliphatic carbocycles. The fraction of sp³-hybridized carbons (Fsp3) is 0.429. The lowest BCUT2D eigenvalue weighted by Gasteiger charge is -2.07. The molecule has 4 heteroatoms. The van der Waals surface area contributed by atoms with Crippen LogP contribution in [0.15, 0.2) is 6.33 Å². The van der Waals surface area contributed by atoms with Crippen LogP contribution in [0.25, 0.3) is 0 Å². The van der Waals surface area contributed by atoms with E-state index >= 15 is 0 Å². The van der Waals surface area contributed by atoms with E-state index in [1.54, 1.807) is 0 Å². The van der Waals surface area contributed by atoms with Crippen molar-refractivity contribution in [3.63, 3.8) is 0 Å². The molecule has 0 aliphatic rings. The monoisotopic (exact) mass is 167 g/mol. The van der Waals surface area contributed by atoms with Crippen LogP contribution in [-0.2, 0) is 0 Å². The Morgan fingerprint density at radius 3 is 3.27 bits per heavy atom. The molecule has 1 atom stereocenters. The van der Waals surface area contributed by atoms with Crippen molar-refractivity contribution >= 4 is 16.7 Å². The normalized spacial score (nSPS) is 12.0.